The SMILES string of the molecule is Cc1ccsc1C(N)c1ccc2oc3ccccc3c2c1. The zero-order chi connectivity index (χ0) is 14.4. The lowest BCUT2D eigenvalue weighted by Crippen LogP contribution is -2.11. The average Bonchev–Trinajstić information content (AvgIpc) is 3.09. The van der Waals surface area contributed by atoms with E-state index in [9.17, 15) is 0 Å². The van der Waals surface area contributed by atoms with E-state index in [1.165, 1.54) is 10.4 Å². The molecule has 2 N–H and O–H groups in total. The summed E-state index contributed by atoms with van der Waals surface area (Å²) in [6.45, 7) is 2.11. The molecule has 21 heavy (non-hydrogen) atoms. The molecule has 0 aliphatic heterocycles. The van der Waals surface area contributed by atoms with Gasteiger partial charge in [-0.2, -0.15) is 0 Å². The first kappa shape index (κ1) is 12.6. The minimum absolute atomic E-state index is 0.0805. The summed E-state index contributed by atoms with van der Waals surface area (Å²) in [5.41, 5.74) is 10.7. The second-order valence-corrected chi connectivity index (χ2v) is 6.25. The number of para-hydroxylation sites is 1. The maximum absolute atomic E-state index is 6.45. The first-order valence-electron chi connectivity index (χ1n) is 6.95. The van der Waals surface area contributed by atoms with Crippen LogP contribution in [0.2, 0.25) is 0 Å². The molecule has 2 aromatic carbocycles. The van der Waals surface area contributed by atoms with Crippen LogP contribution in [0, 0.1) is 6.92 Å². The fourth-order valence-corrected chi connectivity index (χ4v) is 3.75. The highest BCUT2D eigenvalue weighted by molar-refractivity contribution is 7.10. The number of fused-ring (bicyclic) bond motifs is 3. The molecule has 4 aromatic rings. The van der Waals surface area contributed by atoms with Gasteiger partial charge in [0.2, 0.25) is 0 Å². The zero-order valence-electron chi connectivity index (χ0n) is 11.7. The molecule has 0 fully saturated rings. The van der Waals surface area contributed by atoms with Gasteiger partial charge in [-0.3, -0.25) is 0 Å². The van der Waals surface area contributed by atoms with Gasteiger partial charge in [0, 0.05) is 15.6 Å². The van der Waals surface area contributed by atoms with Crippen LogP contribution in [0.25, 0.3) is 21.9 Å². The van der Waals surface area contributed by atoms with Crippen LogP contribution in [0.5, 0.6) is 0 Å². The van der Waals surface area contributed by atoms with E-state index in [-0.39, 0.29) is 6.04 Å². The van der Waals surface area contributed by atoms with Gasteiger partial charge in [-0.1, -0.05) is 24.3 Å². The Hall–Kier alpha value is -2.10. The van der Waals surface area contributed by atoms with Crippen molar-refractivity contribution in [2.45, 2.75) is 13.0 Å². The van der Waals surface area contributed by atoms with E-state index in [0.717, 1.165) is 27.5 Å². The molecule has 0 amide bonds. The standard InChI is InChI=1S/C18H15NOS/c1-11-8-9-21-18(11)17(19)12-6-7-16-14(10-12)13-4-2-3-5-15(13)20-16/h2-10,17H,19H2,1H3. The van der Waals surface area contributed by atoms with Gasteiger partial charge < -0.3 is 10.2 Å². The Balaban J connectivity index is 1.90. The number of nitrogens with two attached hydrogens (primary N) is 1. The van der Waals surface area contributed by atoms with Gasteiger partial charge in [-0.05, 0) is 47.7 Å². The Kier molecular flexibility index (Phi) is 2.84. The third kappa shape index (κ3) is 1.97. The van der Waals surface area contributed by atoms with Crippen molar-refractivity contribution in [2.24, 2.45) is 5.73 Å². The van der Waals surface area contributed by atoms with Crippen molar-refractivity contribution < 1.29 is 4.42 Å². The highest BCUT2D eigenvalue weighted by Crippen LogP contribution is 2.33. The van der Waals surface area contributed by atoms with E-state index in [1.54, 1.807) is 11.3 Å². The second kappa shape index (κ2) is 4.72. The largest absolute Gasteiger partial charge is 0.456 e. The predicted octanol–water partition coefficient (Wildman–Crippen LogP) is 5.00. The van der Waals surface area contributed by atoms with Gasteiger partial charge in [0.25, 0.3) is 0 Å². The zero-order valence-corrected chi connectivity index (χ0v) is 12.5. The molecule has 2 aromatic heterocycles. The van der Waals surface area contributed by atoms with Crippen LogP contribution in [0.15, 0.2) is 58.3 Å². The fraction of sp³-hybridized carbons (Fsp3) is 0.111. The Morgan fingerprint density at radius 1 is 1.00 bits per heavy atom. The number of rotatable bonds is 2. The molecular formula is C18H15NOS. The summed E-state index contributed by atoms with van der Waals surface area (Å²) < 4.78 is 5.86. The Morgan fingerprint density at radius 2 is 1.81 bits per heavy atom. The lowest BCUT2D eigenvalue weighted by atomic mass is 10.0. The Bertz CT molecular complexity index is 935. The third-order valence-electron chi connectivity index (χ3n) is 3.94. The van der Waals surface area contributed by atoms with Crippen LogP contribution in [0.4, 0.5) is 0 Å². The van der Waals surface area contributed by atoms with Gasteiger partial charge in [0.1, 0.15) is 11.2 Å². The van der Waals surface area contributed by atoms with Crippen molar-refractivity contribution in [1.29, 1.82) is 0 Å². The van der Waals surface area contributed by atoms with Crippen molar-refractivity contribution in [3.63, 3.8) is 0 Å². The van der Waals surface area contributed by atoms with E-state index in [4.69, 9.17) is 10.2 Å². The minimum Gasteiger partial charge on any atom is -0.456 e. The number of benzene rings is 2. The molecule has 4 rings (SSSR count). The third-order valence-corrected chi connectivity index (χ3v) is 5.05. The molecule has 0 spiro atoms. The summed E-state index contributed by atoms with van der Waals surface area (Å²) in [5, 5.41) is 4.37. The maximum Gasteiger partial charge on any atom is 0.135 e. The number of aryl methyl sites for hydroxylation is 1. The predicted molar refractivity (Wildman–Crippen MR) is 88.8 cm³/mol. The summed E-state index contributed by atoms with van der Waals surface area (Å²) in [7, 11) is 0. The summed E-state index contributed by atoms with van der Waals surface area (Å²) in [5.74, 6) is 0. The van der Waals surface area contributed by atoms with Crippen molar-refractivity contribution in [1.82, 2.24) is 0 Å². The van der Waals surface area contributed by atoms with Gasteiger partial charge in [-0.15, -0.1) is 11.3 Å². The van der Waals surface area contributed by atoms with Crippen molar-refractivity contribution in [3.05, 3.63) is 69.9 Å². The number of hydrogen-bond acceptors (Lipinski definition) is 3. The van der Waals surface area contributed by atoms with Crippen LogP contribution >= 0.6 is 11.3 Å². The van der Waals surface area contributed by atoms with Crippen LogP contribution < -0.4 is 5.73 Å². The summed E-state index contributed by atoms with van der Waals surface area (Å²) in [4.78, 5) is 1.22. The summed E-state index contributed by atoms with van der Waals surface area (Å²) >= 11 is 1.72. The topological polar surface area (TPSA) is 39.2 Å². The average molecular weight is 293 g/mol. The lowest BCUT2D eigenvalue weighted by Gasteiger charge is -2.11. The normalized spacial score (nSPS) is 13.0. The Morgan fingerprint density at radius 3 is 2.62 bits per heavy atom. The molecule has 0 saturated heterocycles. The van der Waals surface area contributed by atoms with Crippen LogP contribution in [-0.2, 0) is 0 Å². The van der Waals surface area contributed by atoms with Crippen LogP contribution in [0.1, 0.15) is 22.0 Å². The lowest BCUT2D eigenvalue weighted by molar-refractivity contribution is 0.668. The smallest absolute Gasteiger partial charge is 0.135 e. The molecule has 1 atom stereocenters. The number of furan rings is 1. The number of hydrogen-bond donors (Lipinski definition) is 1. The molecule has 104 valence electrons. The van der Waals surface area contributed by atoms with Gasteiger partial charge in [0.05, 0.1) is 6.04 Å². The minimum atomic E-state index is -0.0805. The Labute approximate surface area is 126 Å². The van der Waals surface area contributed by atoms with Gasteiger partial charge >= 0.3 is 0 Å². The van der Waals surface area contributed by atoms with Gasteiger partial charge in [0.15, 0.2) is 0 Å². The maximum atomic E-state index is 6.45. The van der Waals surface area contributed by atoms with Crippen molar-refractivity contribution >= 4 is 33.3 Å². The quantitative estimate of drug-likeness (QED) is 0.564. The molecular weight excluding hydrogens is 278 g/mol. The molecule has 2 nitrogen and oxygen atoms in total. The van der Waals surface area contributed by atoms with E-state index in [2.05, 4.69) is 36.6 Å². The van der Waals surface area contributed by atoms with E-state index in [0.29, 0.717) is 0 Å². The fourth-order valence-electron chi connectivity index (χ4n) is 2.79. The van der Waals surface area contributed by atoms with Crippen LogP contribution in [-0.4, -0.2) is 0 Å². The van der Waals surface area contributed by atoms with Crippen LogP contribution in [0.3, 0.4) is 0 Å². The molecule has 0 saturated carbocycles. The molecule has 0 aliphatic rings. The van der Waals surface area contributed by atoms with E-state index < -0.39 is 0 Å². The first-order chi connectivity index (χ1) is 10.2. The monoisotopic (exact) mass is 293 g/mol. The molecule has 0 aliphatic carbocycles. The molecule has 2 heterocycles. The highest BCUT2D eigenvalue weighted by Gasteiger charge is 2.15. The first-order valence-corrected chi connectivity index (χ1v) is 7.83. The van der Waals surface area contributed by atoms with Crippen molar-refractivity contribution in [3.8, 4) is 0 Å². The highest BCUT2D eigenvalue weighted by atomic mass is 32.1. The summed E-state index contributed by atoms with van der Waals surface area (Å²) in [6.07, 6.45) is 0. The molecule has 0 bridgehead atoms. The molecule has 0 radical (unpaired) electrons. The second-order valence-electron chi connectivity index (χ2n) is 5.30. The molecule has 1 unspecified atom stereocenters. The number of thiophene rings is 1. The van der Waals surface area contributed by atoms with E-state index >= 15 is 0 Å². The van der Waals surface area contributed by atoms with Gasteiger partial charge in [-0.25, -0.2) is 0 Å². The molecule has 3 heteroatoms. The summed E-state index contributed by atoms with van der Waals surface area (Å²) in [6, 6.07) is 16.4. The van der Waals surface area contributed by atoms with E-state index in [1.807, 2.05) is 24.3 Å². The van der Waals surface area contributed by atoms with Crippen molar-refractivity contribution in [2.75, 3.05) is 0 Å².